The predicted molar refractivity (Wildman–Crippen MR) is 69.5 cm³/mol. The highest BCUT2D eigenvalue weighted by Crippen LogP contribution is 2.43. The monoisotopic (exact) mass is 235 g/mol. The Labute approximate surface area is 103 Å². The van der Waals surface area contributed by atoms with Gasteiger partial charge in [0.05, 0.1) is 0 Å². The maximum absolute atomic E-state index is 13.4. The van der Waals surface area contributed by atoms with Gasteiger partial charge in [0.25, 0.3) is 0 Å². The molecule has 1 atom stereocenters. The van der Waals surface area contributed by atoms with Crippen LogP contribution in [0.25, 0.3) is 0 Å². The van der Waals surface area contributed by atoms with Gasteiger partial charge in [0, 0.05) is 0 Å². The summed E-state index contributed by atoms with van der Waals surface area (Å²) >= 11 is 0. The van der Waals surface area contributed by atoms with E-state index in [-0.39, 0.29) is 11.2 Å². The lowest BCUT2D eigenvalue weighted by Gasteiger charge is -2.40. The van der Waals surface area contributed by atoms with Crippen molar-refractivity contribution >= 4 is 0 Å². The van der Waals surface area contributed by atoms with E-state index in [2.05, 4.69) is 13.8 Å². The average Bonchev–Trinajstić information content (AvgIpc) is 2.29. The van der Waals surface area contributed by atoms with Gasteiger partial charge in [-0.05, 0) is 66.8 Å². The molecule has 2 N–H and O–H groups in total. The summed E-state index contributed by atoms with van der Waals surface area (Å²) in [7, 11) is 0. The summed E-state index contributed by atoms with van der Waals surface area (Å²) < 4.78 is 13.4. The molecule has 0 bridgehead atoms. The number of nitrogens with two attached hydrogens (primary N) is 1. The molecule has 0 heterocycles. The van der Waals surface area contributed by atoms with E-state index >= 15 is 0 Å². The van der Waals surface area contributed by atoms with E-state index in [1.54, 1.807) is 12.1 Å². The molecule has 0 saturated carbocycles. The summed E-state index contributed by atoms with van der Waals surface area (Å²) in [4.78, 5) is 0. The number of fused-ring (bicyclic) bond motifs is 1. The first kappa shape index (κ1) is 12.6. The van der Waals surface area contributed by atoms with E-state index in [1.807, 2.05) is 6.07 Å². The third-order valence-corrected chi connectivity index (χ3v) is 4.31. The molecule has 1 aliphatic carbocycles. The number of hydrogen-bond acceptors (Lipinski definition) is 1. The summed E-state index contributed by atoms with van der Waals surface area (Å²) in [5.41, 5.74) is 8.19. The van der Waals surface area contributed by atoms with E-state index in [9.17, 15) is 4.39 Å². The second-order valence-corrected chi connectivity index (χ2v) is 5.69. The van der Waals surface area contributed by atoms with Gasteiger partial charge in [-0.1, -0.05) is 19.9 Å². The van der Waals surface area contributed by atoms with Crippen LogP contribution in [0.2, 0.25) is 0 Å². The highest BCUT2D eigenvalue weighted by Gasteiger charge is 2.35. The van der Waals surface area contributed by atoms with Crippen molar-refractivity contribution in [2.24, 2.45) is 11.7 Å². The first-order valence-electron chi connectivity index (χ1n) is 6.54. The fourth-order valence-electron chi connectivity index (χ4n) is 3.15. The van der Waals surface area contributed by atoms with Crippen molar-refractivity contribution < 1.29 is 4.39 Å². The highest BCUT2D eigenvalue weighted by atomic mass is 19.1. The summed E-state index contributed by atoms with van der Waals surface area (Å²) in [6.07, 6.45) is 4.50. The van der Waals surface area contributed by atoms with Crippen molar-refractivity contribution in [2.75, 3.05) is 6.54 Å². The Morgan fingerprint density at radius 1 is 1.41 bits per heavy atom. The van der Waals surface area contributed by atoms with Gasteiger partial charge in [0.2, 0.25) is 0 Å². The first-order chi connectivity index (χ1) is 8.05. The zero-order valence-corrected chi connectivity index (χ0v) is 10.8. The molecule has 2 rings (SSSR count). The Balaban J connectivity index is 2.30. The Hall–Kier alpha value is -0.890. The molecule has 2 heteroatoms. The third kappa shape index (κ3) is 2.37. The molecule has 0 radical (unpaired) electrons. The molecule has 0 spiro atoms. The van der Waals surface area contributed by atoms with Crippen molar-refractivity contribution in [3.63, 3.8) is 0 Å². The Morgan fingerprint density at radius 2 is 2.18 bits per heavy atom. The maximum Gasteiger partial charge on any atom is 0.123 e. The minimum atomic E-state index is -0.115. The van der Waals surface area contributed by atoms with Gasteiger partial charge in [-0.3, -0.25) is 0 Å². The molecule has 1 aliphatic rings. The molecule has 0 amide bonds. The van der Waals surface area contributed by atoms with Gasteiger partial charge >= 0.3 is 0 Å². The van der Waals surface area contributed by atoms with E-state index in [0.717, 1.165) is 25.8 Å². The predicted octanol–water partition coefficient (Wildman–Crippen LogP) is 3.40. The summed E-state index contributed by atoms with van der Waals surface area (Å²) in [5, 5.41) is 0. The summed E-state index contributed by atoms with van der Waals surface area (Å²) in [6.45, 7) is 5.24. The summed E-state index contributed by atoms with van der Waals surface area (Å²) in [5.74, 6) is 0.511. The normalized spacial score (nSPS) is 22.2. The SMILES string of the molecule is CC1(C)c2cc(F)ccc2CCC1CCCN. The van der Waals surface area contributed by atoms with Crippen LogP contribution in [-0.2, 0) is 11.8 Å². The topological polar surface area (TPSA) is 26.0 Å². The third-order valence-electron chi connectivity index (χ3n) is 4.31. The van der Waals surface area contributed by atoms with Crippen molar-refractivity contribution in [1.29, 1.82) is 0 Å². The minimum absolute atomic E-state index is 0.0743. The van der Waals surface area contributed by atoms with Crippen LogP contribution in [0.3, 0.4) is 0 Å². The largest absolute Gasteiger partial charge is 0.330 e. The van der Waals surface area contributed by atoms with Gasteiger partial charge < -0.3 is 5.73 Å². The molecule has 17 heavy (non-hydrogen) atoms. The van der Waals surface area contributed by atoms with Gasteiger partial charge in [-0.2, -0.15) is 0 Å². The van der Waals surface area contributed by atoms with Crippen LogP contribution in [0.15, 0.2) is 18.2 Å². The maximum atomic E-state index is 13.4. The van der Waals surface area contributed by atoms with Crippen molar-refractivity contribution in [1.82, 2.24) is 0 Å². The van der Waals surface area contributed by atoms with Crippen LogP contribution in [0, 0.1) is 11.7 Å². The standard InChI is InChI=1S/C15H22FN/c1-15(2)12(4-3-9-17)7-5-11-6-8-13(16)10-14(11)15/h6,8,10,12H,3-5,7,9,17H2,1-2H3. The van der Waals surface area contributed by atoms with Gasteiger partial charge in [-0.15, -0.1) is 0 Å². The second-order valence-electron chi connectivity index (χ2n) is 5.69. The van der Waals surface area contributed by atoms with Crippen LogP contribution in [0.5, 0.6) is 0 Å². The van der Waals surface area contributed by atoms with Crippen molar-refractivity contribution in [2.45, 2.75) is 44.9 Å². The molecule has 0 saturated heterocycles. The van der Waals surface area contributed by atoms with Crippen LogP contribution >= 0.6 is 0 Å². The minimum Gasteiger partial charge on any atom is -0.330 e. The average molecular weight is 235 g/mol. The lowest BCUT2D eigenvalue weighted by molar-refractivity contribution is 0.257. The van der Waals surface area contributed by atoms with Crippen LogP contribution in [0.4, 0.5) is 4.39 Å². The smallest absolute Gasteiger partial charge is 0.123 e. The van der Waals surface area contributed by atoms with Gasteiger partial charge in [0.1, 0.15) is 5.82 Å². The van der Waals surface area contributed by atoms with Crippen LogP contribution in [-0.4, -0.2) is 6.54 Å². The number of halogens is 1. The Bertz CT molecular complexity index is 398. The molecule has 0 aliphatic heterocycles. The Morgan fingerprint density at radius 3 is 2.88 bits per heavy atom. The molecular weight excluding hydrogens is 213 g/mol. The first-order valence-corrected chi connectivity index (χ1v) is 6.54. The fourth-order valence-corrected chi connectivity index (χ4v) is 3.15. The number of benzene rings is 1. The van der Waals surface area contributed by atoms with Crippen LogP contribution < -0.4 is 5.73 Å². The van der Waals surface area contributed by atoms with Crippen molar-refractivity contribution in [3.05, 3.63) is 35.1 Å². The second kappa shape index (κ2) is 4.77. The lowest BCUT2D eigenvalue weighted by atomic mass is 9.64. The van der Waals surface area contributed by atoms with Crippen molar-refractivity contribution in [3.8, 4) is 0 Å². The van der Waals surface area contributed by atoms with E-state index < -0.39 is 0 Å². The molecule has 1 unspecified atom stereocenters. The summed E-state index contributed by atoms with van der Waals surface area (Å²) in [6, 6.07) is 5.25. The molecular formula is C15H22FN. The zero-order chi connectivity index (χ0) is 12.5. The molecule has 0 fully saturated rings. The van der Waals surface area contributed by atoms with E-state index in [1.165, 1.54) is 17.5 Å². The zero-order valence-electron chi connectivity index (χ0n) is 10.8. The number of rotatable bonds is 3. The lowest BCUT2D eigenvalue weighted by Crippen LogP contribution is -2.34. The van der Waals surface area contributed by atoms with Gasteiger partial charge in [0.15, 0.2) is 0 Å². The molecule has 1 aromatic carbocycles. The fraction of sp³-hybridized carbons (Fsp3) is 0.600. The molecule has 0 aromatic heterocycles. The van der Waals surface area contributed by atoms with E-state index in [0.29, 0.717) is 5.92 Å². The molecule has 1 aromatic rings. The Kier molecular flexibility index (Phi) is 3.53. The quantitative estimate of drug-likeness (QED) is 0.853. The molecule has 94 valence electrons. The molecule has 1 nitrogen and oxygen atoms in total. The number of hydrogen-bond donors (Lipinski definition) is 1. The van der Waals surface area contributed by atoms with E-state index in [4.69, 9.17) is 5.73 Å². The number of aryl methyl sites for hydroxylation is 1. The highest BCUT2D eigenvalue weighted by molar-refractivity contribution is 5.37. The van der Waals surface area contributed by atoms with Crippen LogP contribution in [0.1, 0.15) is 44.2 Å². The van der Waals surface area contributed by atoms with Gasteiger partial charge in [-0.25, -0.2) is 4.39 Å².